The van der Waals surface area contributed by atoms with Crippen molar-refractivity contribution in [2.75, 3.05) is 6.26 Å². The number of furan rings is 1. The molecule has 0 aromatic carbocycles. The Balaban J connectivity index is 1.96. The lowest BCUT2D eigenvalue weighted by Gasteiger charge is -2.14. The molecular formula is C15H18N2O5S. The van der Waals surface area contributed by atoms with Gasteiger partial charge in [-0.1, -0.05) is 12.8 Å². The van der Waals surface area contributed by atoms with Gasteiger partial charge in [0.1, 0.15) is 0 Å². The molecule has 7 nitrogen and oxygen atoms in total. The van der Waals surface area contributed by atoms with Gasteiger partial charge >= 0.3 is 5.69 Å². The van der Waals surface area contributed by atoms with Crippen molar-refractivity contribution in [2.45, 2.75) is 43.4 Å². The molecule has 0 unspecified atom stereocenters. The van der Waals surface area contributed by atoms with Crippen LogP contribution >= 0.6 is 0 Å². The second-order valence-electron chi connectivity index (χ2n) is 5.91. The van der Waals surface area contributed by atoms with Crippen LogP contribution in [0, 0.1) is 0 Å². The summed E-state index contributed by atoms with van der Waals surface area (Å²) in [6.45, 7) is -0.00968. The first-order valence-electron chi connectivity index (χ1n) is 7.46. The van der Waals surface area contributed by atoms with Crippen molar-refractivity contribution < 1.29 is 12.8 Å². The zero-order chi connectivity index (χ0) is 16.6. The van der Waals surface area contributed by atoms with Crippen LogP contribution in [0.4, 0.5) is 0 Å². The van der Waals surface area contributed by atoms with E-state index < -0.39 is 15.4 Å². The summed E-state index contributed by atoms with van der Waals surface area (Å²) < 4.78 is 30.6. The van der Waals surface area contributed by atoms with Crippen molar-refractivity contribution in [3.8, 4) is 0 Å². The summed E-state index contributed by atoms with van der Waals surface area (Å²) in [7, 11) is -3.45. The molecule has 2 heterocycles. The van der Waals surface area contributed by atoms with Gasteiger partial charge in [0.15, 0.2) is 0 Å². The molecule has 0 spiro atoms. The number of aromatic nitrogens is 2. The molecule has 0 N–H and O–H groups in total. The molecule has 0 atom stereocenters. The first-order chi connectivity index (χ1) is 10.9. The quantitative estimate of drug-likeness (QED) is 0.834. The van der Waals surface area contributed by atoms with Crippen molar-refractivity contribution >= 4 is 9.84 Å². The third-order valence-electron chi connectivity index (χ3n) is 4.15. The van der Waals surface area contributed by atoms with E-state index in [1.807, 2.05) is 0 Å². The molecular weight excluding hydrogens is 320 g/mol. The molecule has 0 radical (unpaired) electrons. The van der Waals surface area contributed by atoms with Crippen LogP contribution in [-0.2, 0) is 16.4 Å². The Bertz CT molecular complexity index is 929. The van der Waals surface area contributed by atoms with Crippen LogP contribution in [0.5, 0.6) is 0 Å². The third kappa shape index (κ3) is 3.17. The fourth-order valence-corrected chi connectivity index (χ4v) is 3.54. The van der Waals surface area contributed by atoms with Crippen molar-refractivity contribution in [3.63, 3.8) is 0 Å². The van der Waals surface area contributed by atoms with Gasteiger partial charge in [-0.05, 0) is 12.8 Å². The summed E-state index contributed by atoms with van der Waals surface area (Å²) in [5.74, 6) is 0. The van der Waals surface area contributed by atoms with Gasteiger partial charge in [-0.25, -0.2) is 13.2 Å². The standard InChI is InChI=1S/C15H18N2O5S/c1-23(20,21)14-8-11(10-22-14)9-17-13(18)6-7-16(15(17)19)12-4-2-3-5-12/h6-8,10,12H,2-5,9H2,1H3. The molecule has 1 aliphatic carbocycles. The summed E-state index contributed by atoms with van der Waals surface area (Å²) in [5.41, 5.74) is -0.313. The van der Waals surface area contributed by atoms with Crippen molar-refractivity contribution in [1.29, 1.82) is 0 Å². The van der Waals surface area contributed by atoms with E-state index in [2.05, 4.69) is 0 Å². The highest BCUT2D eigenvalue weighted by Crippen LogP contribution is 2.27. The van der Waals surface area contributed by atoms with E-state index in [-0.39, 0.29) is 23.4 Å². The van der Waals surface area contributed by atoms with Crippen molar-refractivity contribution in [3.05, 3.63) is 51.0 Å². The second-order valence-corrected chi connectivity index (χ2v) is 7.86. The van der Waals surface area contributed by atoms with Crippen LogP contribution in [0.3, 0.4) is 0 Å². The summed E-state index contributed by atoms with van der Waals surface area (Å²) in [4.78, 5) is 24.6. The lowest BCUT2D eigenvalue weighted by atomic mass is 10.2. The van der Waals surface area contributed by atoms with E-state index in [4.69, 9.17) is 4.42 Å². The Morgan fingerprint density at radius 2 is 1.96 bits per heavy atom. The topological polar surface area (TPSA) is 91.3 Å². The first-order valence-corrected chi connectivity index (χ1v) is 9.35. The molecule has 2 aromatic heterocycles. The average molecular weight is 338 g/mol. The minimum absolute atomic E-state index is 0.00968. The Labute approximate surface area is 133 Å². The molecule has 1 saturated carbocycles. The van der Waals surface area contributed by atoms with E-state index >= 15 is 0 Å². The molecule has 0 bridgehead atoms. The predicted octanol–water partition coefficient (Wildman–Crippen LogP) is 1.17. The Morgan fingerprint density at radius 3 is 2.57 bits per heavy atom. The molecule has 124 valence electrons. The molecule has 0 aliphatic heterocycles. The maximum absolute atomic E-state index is 12.6. The van der Waals surface area contributed by atoms with Gasteiger partial charge in [-0.2, -0.15) is 0 Å². The predicted molar refractivity (Wildman–Crippen MR) is 83.4 cm³/mol. The SMILES string of the molecule is CS(=O)(=O)c1cc(Cn2c(=O)ccn(C3CCCC3)c2=O)co1. The number of nitrogens with zero attached hydrogens (tertiary/aromatic N) is 2. The normalized spacial score (nSPS) is 16.0. The molecule has 0 amide bonds. The lowest BCUT2D eigenvalue weighted by molar-refractivity contribution is 0.448. The number of sulfone groups is 1. The highest BCUT2D eigenvalue weighted by Gasteiger charge is 2.20. The van der Waals surface area contributed by atoms with E-state index in [0.29, 0.717) is 5.56 Å². The van der Waals surface area contributed by atoms with Crippen molar-refractivity contribution in [2.24, 2.45) is 0 Å². The van der Waals surface area contributed by atoms with Crippen LogP contribution in [-0.4, -0.2) is 23.8 Å². The Morgan fingerprint density at radius 1 is 1.26 bits per heavy atom. The molecule has 8 heteroatoms. The zero-order valence-electron chi connectivity index (χ0n) is 12.8. The molecule has 1 aliphatic rings. The minimum Gasteiger partial charge on any atom is -0.453 e. The van der Waals surface area contributed by atoms with Gasteiger partial charge in [0.05, 0.1) is 12.8 Å². The van der Waals surface area contributed by atoms with Crippen LogP contribution in [0.25, 0.3) is 0 Å². The van der Waals surface area contributed by atoms with Gasteiger partial charge in [0.2, 0.25) is 14.9 Å². The van der Waals surface area contributed by atoms with Crippen molar-refractivity contribution in [1.82, 2.24) is 9.13 Å². The maximum atomic E-state index is 12.6. The van der Waals surface area contributed by atoms with E-state index in [9.17, 15) is 18.0 Å². The molecule has 0 saturated heterocycles. The zero-order valence-corrected chi connectivity index (χ0v) is 13.6. The average Bonchev–Trinajstić information content (AvgIpc) is 3.14. The van der Waals surface area contributed by atoms with E-state index in [0.717, 1.165) is 36.5 Å². The van der Waals surface area contributed by atoms with Gasteiger partial charge in [-0.3, -0.25) is 13.9 Å². The smallest absolute Gasteiger partial charge is 0.331 e. The van der Waals surface area contributed by atoms with Gasteiger partial charge in [0.25, 0.3) is 5.56 Å². The third-order valence-corrected chi connectivity index (χ3v) is 5.09. The van der Waals surface area contributed by atoms with Gasteiger partial charge in [-0.15, -0.1) is 0 Å². The molecule has 3 rings (SSSR count). The highest BCUT2D eigenvalue weighted by molar-refractivity contribution is 7.90. The highest BCUT2D eigenvalue weighted by atomic mass is 32.2. The summed E-state index contributed by atoms with van der Waals surface area (Å²) in [5, 5.41) is -0.174. The van der Waals surface area contributed by atoms with Crippen LogP contribution in [0.2, 0.25) is 0 Å². The number of rotatable bonds is 4. The molecule has 23 heavy (non-hydrogen) atoms. The van der Waals surface area contributed by atoms with E-state index in [1.165, 1.54) is 18.4 Å². The largest absolute Gasteiger partial charge is 0.453 e. The minimum atomic E-state index is -3.45. The number of hydrogen-bond donors (Lipinski definition) is 0. The fraction of sp³-hybridized carbons (Fsp3) is 0.467. The number of hydrogen-bond acceptors (Lipinski definition) is 5. The van der Waals surface area contributed by atoms with Crippen LogP contribution in [0.1, 0.15) is 37.3 Å². The Kier molecular flexibility index (Phi) is 4.01. The molecule has 2 aromatic rings. The first kappa shape index (κ1) is 15.8. The maximum Gasteiger partial charge on any atom is 0.331 e. The fourth-order valence-electron chi connectivity index (χ4n) is 2.95. The van der Waals surface area contributed by atoms with Gasteiger partial charge in [0, 0.05) is 36.2 Å². The van der Waals surface area contributed by atoms with Gasteiger partial charge < -0.3 is 4.42 Å². The second kappa shape index (κ2) is 5.84. The summed E-state index contributed by atoms with van der Waals surface area (Å²) in [6.07, 6.45) is 7.87. The molecule has 1 fully saturated rings. The van der Waals surface area contributed by atoms with E-state index in [1.54, 1.807) is 10.8 Å². The lowest BCUT2D eigenvalue weighted by Crippen LogP contribution is -2.40. The van der Waals surface area contributed by atoms with Crippen LogP contribution in [0.15, 0.2) is 43.7 Å². The summed E-state index contributed by atoms with van der Waals surface area (Å²) >= 11 is 0. The monoisotopic (exact) mass is 338 g/mol. The Hall–Kier alpha value is -2.09. The van der Waals surface area contributed by atoms with Crippen LogP contribution < -0.4 is 11.2 Å². The summed E-state index contributed by atoms with van der Waals surface area (Å²) in [6, 6.07) is 2.84.